The highest BCUT2D eigenvalue weighted by Gasteiger charge is 2.31. The van der Waals surface area contributed by atoms with Crippen LogP contribution < -0.4 is 20.3 Å². The van der Waals surface area contributed by atoms with E-state index in [1.807, 2.05) is 51.7 Å². The molecule has 0 saturated carbocycles. The first-order valence-electron chi connectivity index (χ1n) is 19.7. The van der Waals surface area contributed by atoms with Crippen LogP contribution in [-0.2, 0) is 6.54 Å². The molecule has 0 aliphatic carbocycles. The first-order valence-corrected chi connectivity index (χ1v) is 19.7. The molecule has 2 fully saturated rings. The zero-order valence-electron chi connectivity index (χ0n) is 33.5. The molecule has 2 aliphatic heterocycles. The number of ether oxygens (including phenoxy) is 1. The van der Waals surface area contributed by atoms with E-state index in [2.05, 4.69) is 36.9 Å². The van der Waals surface area contributed by atoms with Crippen LogP contribution in [0.1, 0.15) is 42.5 Å². The lowest BCUT2D eigenvalue weighted by atomic mass is 9.92. The molecule has 8 rings (SSSR count). The standard InChI is InChI=1S/C43H44N16O/c1-54(26-46)40(48)28-8-15-56(16-9-28)39-35(6-7-37(60-2)36(39)19-45)32-21-52-43-53-22-33(59(43)24-32)25-58(27-47)41(49)29-10-13-55(14-11-29)38-30(18-44)4-3-5-34(38)31-20-51-42-50-12-17-57(42)23-31/h3-7,12,17,20-24,26-29,46-49H,8-11,13-16,25H2,1-2H3/p+1. The fourth-order valence-corrected chi connectivity index (χ4v) is 8.50. The summed E-state index contributed by atoms with van der Waals surface area (Å²) < 4.78 is 11.0. The summed E-state index contributed by atoms with van der Waals surface area (Å²) in [6.45, 7) is 2.80. The number of nitrogens with two attached hydrogens (primary N) is 1. The van der Waals surface area contributed by atoms with Gasteiger partial charge in [0.05, 0.1) is 55.9 Å². The number of anilines is 2. The Kier molecular flexibility index (Phi) is 10.9. The van der Waals surface area contributed by atoms with Crippen LogP contribution in [0.3, 0.4) is 0 Å². The predicted octanol–water partition coefficient (Wildman–Crippen LogP) is 4.98. The minimum atomic E-state index is -0.105. The number of piperidine rings is 2. The second kappa shape index (κ2) is 16.7. The van der Waals surface area contributed by atoms with E-state index in [1.165, 1.54) is 12.7 Å². The predicted molar refractivity (Wildman–Crippen MR) is 229 cm³/mol. The zero-order valence-corrected chi connectivity index (χ0v) is 33.5. The molecule has 6 heterocycles. The van der Waals surface area contributed by atoms with Gasteiger partial charge in [0.15, 0.2) is 5.84 Å². The van der Waals surface area contributed by atoms with Crippen LogP contribution in [0.15, 0.2) is 73.7 Å². The minimum Gasteiger partial charge on any atom is -0.495 e. The van der Waals surface area contributed by atoms with Gasteiger partial charge in [-0.3, -0.25) is 19.6 Å². The molecule has 2 aliphatic rings. The molecule has 5 N–H and O–H groups in total. The van der Waals surface area contributed by atoms with Gasteiger partial charge in [-0.1, -0.05) is 12.1 Å². The Morgan fingerprint density at radius 3 is 2.23 bits per heavy atom. The van der Waals surface area contributed by atoms with Crippen LogP contribution in [0.25, 0.3) is 33.8 Å². The molecule has 0 amide bonds. The molecule has 302 valence electrons. The second-order valence-electron chi connectivity index (χ2n) is 15.0. The molecule has 0 bridgehead atoms. The smallest absolute Gasteiger partial charge is 0.233 e. The molecule has 2 saturated heterocycles. The summed E-state index contributed by atoms with van der Waals surface area (Å²) >= 11 is 0. The van der Waals surface area contributed by atoms with Gasteiger partial charge in [-0.25, -0.2) is 24.5 Å². The van der Waals surface area contributed by atoms with Crippen molar-refractivity contribution in [2.45, 2.75) is 32.2 Å². The van der Waals surface area contributed by atoms with Crippen LogP contribution in [0.4, 0.5) is 11.4 Å². The first-order chi connectivity index (χ1) is 29.3. The number of nitrogens with zero attached hydrogens (tertiary/aromatic N) is 12. The fraction of sp³-hybridized carbons (Fsp3) is 0.302. The van der Waals surface area contributed by atoms with Crippen LogP contribution in [0, 0.1) is 50.7 Å². The molecule has 17 heteroatoms. The van der Waals surface area contributed by atoms with Crippen molar-refractivity contribution >= 4 is 47.3 Å². The molecule has 4 aromatic heterocycles. The molecular formula is C43H45N16O+. The van der Waals surface area contributed by atoms with Crippen LogP contribution >= 0.6 is 0 Å². The van der Waals surface area contributed by atoms with Crippen LogP contribution in [-0.4, -0.2) is 103 Å². The number of methoxy groups -OCH3 is 1. The van der Waals surface area contributed by atoms with Gasteiger partial charge in [0.1, 0.15) is 29.3 Å². The number of imidazole rings is 2. The van der Waals surface area contributed by atoms with Gasteiger partial charge in [0.25, 0.3) is 0 Å². The third-order valence-electron chi connectivity index (χ3n) is 11.8. The quantitative estimate of drug-likeness (QED) is 0.0776. The number of para-hydroxylation sites is 1. The maximum absolute atomic E-state index is 10.4. The lowest BCUT2D eigenvalue weighted by Gasteiger charge is -2.37. The number of rotatable bonds is 11. The zero-order chi connectivity index (χ0) is 41.9. The van der Waals surface area contributed by atoms with Crippen molar-refractivity contribution in [2.24, 2.45) is 17.6 Å². The summed E-state index contributed by atoms with van der Waals surface area (Å²) in [5, 5.41) is 45.8. The lowest BCUT2D eigenvalue weighted by molar-refractivity contribution is -0.366. The number of hydrogen-bond acceptors (Lipinski definition) is 12. The molecular weight excluding hydrogens is 757 g/mol. The Labute approximate surface area is 346 Å². The average Bonchev–Trinajstić information content (AvgIpc) is 3.95. The lowest BCUT2D eigenvalue weighted by Crippen LogP contribution is -2.42. The van der Waals surface area contributed by atoms with E-state index in [0.717, 1.165) is 52.2 Å². The maximum Gasteiger partial charge on any atom is 0.233 e. The van der Waals surface area contributed by atoms with E-state index in [9.17, 15) is 15.9 Å². The number of amidine groups is 2. The van der Waals surface area contributed by atoms with Crippen molar-refractivity contribution in [1.29, 1.82) is 26.8 Å². The minimum absolute atomic E-state index is 0.105. The van der Waals surface area contributed by atoms with Crippen molar-refractivity contribution in [3.63, 3.8) is 0 Å². The van der Waals surface area contributed by atoms with Crippen molar-refractivity contribution in [3.05, 3.63) is 90.5 Å². The molecule has 60 heavy (non-hydrogen) atoms. The summed E-state index contributed by atoms with van der Waals surface area (Å²) in [7, 11) is 3.34. The Bertz CT molecular complexity index is 2740. The molecule has 6 aromatic rings. The van der Waals surface area contributed by atoms with Crippen molar-refractivity contribution < 1.29 is 9.31 Å². The van der Waals surface area contributed by atoms with E-state index in [0.29, 0.717) is 79.1 Å². The van der Waals surface area contributed by atoms with Crippen LogP contribution in [0.5, 0.6) is 5.75 Å². The highest BCUT2D eigenvalue weighted by Crippen LogP contribution is 2.41. The van der Waals surface area contributed by atoms with Crippen LogP contribution in [0.2, 0.25) is 0 Å². The Hall–Kier alpha value is -7.66. The topological polar surface area (TPSA) is 227 Å². The average molecular weight is 802 g/mol. The molecule has 0 unspecified atom stereocenters. The normalized spacial score (nSPS) is 15.3. The number of aromatic nitrogens is 6. The maximum atomic E-state index is 10.4. The van der Waals surface area contributed by atoms with Crippen molar-refractivity contribution in [3.8, 4) is 40.1 Å². The van der Waals surface area contributed by atoms with E-state index >= 15 is 0 Å². The Balaban J connectivity index is 1.02. The highest BCUT2D eigenvalue weighted by molar-refractivity contribution is 5.91. The van der Waals surface area contributed by atoms with E-state index in [1.54, 1.807) is 54.5 Å². The SMILES string of the molecule is COc1ccc(-c2cnc3ncc(CN(C=N)C(=N)C4CCN(c5c(C#N)cccc5-c5cnc6nccn6c5)CC4)n3c2)c(N2CCC(C(N)=[N+](C)C=N)CC2)c1C#N. The molecule has 2 aromatic carbocycles. The molecule has 0 atom stereocenters. The van der Waals surface area contributed by atoms with Gasteiger partial charge in [0, 0.05) is 97.4 Å². The number of hydrogen-bond donors (Lipinski definition) is 4. The Morgan fingerprint density at radius 1 is 0.883 bits per heavy atom. The van der Waals surface area contributed by atoms with E-state index < -0.39 is 0 Å². The van der Waals surface area contributed by atoms with Gasteiger partial charge >= 0.3 is 0 Å². The monoisotopic (exact) mass is 801 g/mol. The third kappa shape index (κ3) is 7.21. The van der Waals surface area contributed by atoms with E-state index in [-0.39, 0.29) is 18.4 Å². The number of nitriles is 2. The molecule has 0 radical (unpaired) electrons. The summed E-state index contributed by atoms with van der Waals surface area (Å²) in [4.78, 5) is 24.1. The number of fused-ring (bicyclic) bond motifs is 2. The fourth-order valence-electron chi connectivity index (χ4n) is 8.50. The van der Waals surface area contributed by atoms with Gasteiger partial charge in [0.2, 0.25) is 17.9 Å². The third-order valence-corrected chi connectivity index (χ3v) is 11.8. The molecule has 0 spiro atoms. The van der Waals surface area contributed by atoms with Gasteiger partial charge in [-0.15, -0.1) is 0 Å². The second-order valence-corrected chi connectivity index (χ2v) is 15.0. The molecule has 17 nitrogen and oxygen atoms in total. The summed E-state index contributed by atoms with van der Waals surface area (Å²) in [5.74, 6) is 2.57. The summed E-state index contributed by atoms with van der Waals surface area (Å²) in [6.07, 6.45) is 18.0. The first kappa shape index (κ1) is 39.2. The van der Waals surface area contributed by atoms with Crippen molar-refractivity contribution in [2.75, 3.05) is 50.1 Å². The largest absolute Gasteiger partial charge is 0.495 e. The summed E-state index contributed by atoms with van der Waals surface area (Å²) in [5.41, 5.74) is 13.1. The number of nitrogens with one attached hydrogen (secondary N) is 3. The Morgan fingerprint density at radius 2 is 1.55 bits per heavy atom. The highest BCUT2D eigenvalue weighted by atomic mass is 16.5. The van der Waals surface area contributed by atoms with Gasteiger partial charge in [-0.05, 0) is 43.9 Å². The van der Waals surface area contributed by atoms with E-state index in [4.69, 9.17) is 26.3 Å². The van der Waals surface area contributed by atoms with Crippen molar-refractivity contribution in [1.82, 2.24) is 33.6 Å². The van der Waals surface area contributed by atoms with Gasteiger partial charge < -0.3 is 25.2 Å². The summed E-state index contributed by atoms with van der Waals surface area (Å²) in [6, 6.07) is 14.2. The van der Waals surface area contributed by atoms with Gasteiger partial charge in [-0.2, -0.15) is 15.9 Å². The number of benzene rings is 2.